The number of thiocarbonyl (C=S) groups is 1. The van der Waals surface area contributed by atoms with Crippen LogP contribution < -0.4 is 20.7 Å². The van der Waals surface area contributed by atoms with Crippen LogP contribution in [-0.2, 0) is 4.79 Å². The lowest BCUT2D eigenvalue weighted by Crippen LogP contribution is -2.19. The Morgan fingerprint density at radius 1 is 0.967 bits per heavy atom. The van der Waals surface area contributed by atoms with Crippen molar-refractivity contribution in [2.75, 3.05) is 28.8 Å². The fraction of sp³-hybridized carbons (Fsp3) is 0.0909. The van der Waals surface area contributed by atoms with Gasteiger partial charge in [0.1, 0.15) is 5.75 Å². The Labute approximate surface area is 190 Å². The number of hydrogen-bond donors (Lipinski definition) is 3. The lowest BCUT2D eigenvalue weighted by Gasteiger charge is -2.14. The summed E-state index contributed by atoms with van der Waals surface area (Å²) >= 11 is 12.9. The number of carbonyl (C=O) groups is 1. The Morgan fingerprint density at radius 2 is 1.70 bits per heavy atom. The zero-order valence-corrected chi connectivity index (χ0v) is 18.5. The topological polar surface area (TPSA) is 62.4 Å². The Balaban J connectivity index is 1.54. The minimum absolute atomic E-state index is 0.125. The molecular formula is C22H20ClN3O2S2. The van der Waals surface area contributed by atoms with Gasteiger partial charge in [-0.1, -0.05) is 41.9 Å². The molecule has 3 aromatic carbocycles. The SMILES string of the molecule is COc1ccccc1NC(=S)Nc1cccc(SCC(=O)Nc2ccccc2Cl)c1. The smallest absolute Gasteiger partial charge is 0.234 e. The second-order valence-corrected chi connectivity index (χ2v) is 7.99. The first-order chi connectivity index (χ1) is 14.5. The number of para-hydroxylation sites is 3. The number of hydrogen-bond acceptors (Lipinski definition) is 4. The maximum atomic E-state index is 12.2. The third-order valence-corrected chi connectivity index (χ3v) is 5.49. The van der Waals surface area contributed by atoms with E-state index < -0.39 is 0 Å². The zero-order valence-electron chi connectivity index (χ0n) is 16.1. The van der Waals surface area contributed by atoms with Gasteiger partial charge >= 0.3 is 0 Å². The van der Waals surface area contributed by atoms with Crippen molar-refractivity contribution in [1.29, 1.82) is 0 Å². The monoisotopic (exact) mass is 457 g/mol. The van der Waals surface area contributed by atoms with E-state index in [1.54, 1.807) is 19.2 Å². The van der Waals surface area contributed by atoms with Gasteiger partial charge in [-0.25, -0.2) is 0 Å². The quantitative estimate of drug-likeness (QED) is 0.304. The maximum Gasteiger partial charge on any atom is 0.234 e. The number of ether oxygens (including phenoxy) is 1. The number of halogens is 1. The molecule has 0 fully saturated rings. The van der Waals surface area contributed by atoms with Crippen LogP contribution in [0, 0.1) is 0 Å². The van der Waals surface area contributed by atoms with Crippen LogP contribution in [0.5, 0.6) is 5.75 Å². The molecule has 3 aromatic rings. The molecule has 154 valence electrons. The molecule has 0 aromatic heterocycles. The van der Waals surface area contributed by atoms with Gasteiger partial charge in [-0.05, 0) is 54.7 Å². The molecule has 0 bridgehead atoms. The van der Waals surface area contributed by atoms with Crippen molar-refractivity contribution in [1.82, 2.24) is 0 Å². The molecule has 0 aliphatic carbocycles. The standard InChI is InChI=1S/C22H20ClN3O2S2/c1-28-20-12-5-4-11-19(20)26-22(29)24-15-7-6-8-16(13-15)30-14-21(27)25-18-10-3-2-9-17(18)23/h2-13H,14H2,1H3,(H,25,27)(H2,24,26,29). The number of rotatable bonds is 7. The molecule has 8 heteroatoms. The van der Waals surface area contributed by atoms with Crippen molar-refractivity contribution in [3.05, 3.63) is 77.8 Å². The van der Waals surface area contributed by atoms with Crippen LogP contribution in [0.1, 0.15) is 0 Å². The Kier molecular flexibility index (Phi) is 7.96. The largest absolute Gasteiger partial charge is 0.495 e. The molecule has 1 amide bonds. The minimum atomic E-state index is -0.125. The molecule has 0 saturated carbocycles. The highest BCUT2D eigenvalue weighted by Gasteiger charge is 2.08. The van der Waals surface area contributed by atoms with Crippen LogP contribution >= 0.6 is 35.6 Å². The van der Waals surface area contributed by atoms with E-state index in [1.165, 1.54) is 11.8 Å². The van der Waals surface area contributed by atoms with Crippen LogP contribution in [-0.4, -0.2) is 23.9 Å². The lowest BCUT2D eigenvalue weighted by molar-refractivity contribution is -0.113. The first kappa shape index (κ1) is 22.0. The minimum Gasteiger partial charge on any atom is -0.495 e. The third-order valence-electron chi connectivity index (χ3n) is 3.96. The Hall–Kier alpha value is -2.74. The summed E-state index contributed by atoms with van der Waals surface area (Å²) in [4.78, 5) is 13.2. The van der Waals surface area contributed by atoms with Gasteiger partial charge in [0, 0.05) is 10.6 Å². The fourth-order valence-electron chi connectivity index (χ4n) is 2.59. The molecule has 0 atom stereocenters. The molecular weight excluding hydrogens is 438 g/mol. The first-order valence-electron chi connectivity index (χ1n) is 9.03. The van der Waals surface area contributed by atoms with E-state index in [0.717, 1.165) is 16.3 Å². The highest BCUT2D eigenvalue weighted by Crippen LogP contribution is 2.25. The molecule has 3 N–H and O–H groups in total. The number of amides is 1. The first-order valence-corrected chi connectivity index (χ1v) is 10.8. The maximum absolute atomic E-state index is 12.2. The second kappa shape index (κ2) is 10.9. The number of nitrogens with one attached hydrogen (secondary N) is 3. The van der Waals surface area contributed by atoms with Crippen molar-refractivity contribution < 1.29 is 9.53 Å². The average molecular weight is 458 g/mol. The van der Waals surface area contributed by atoms with Crippen LogP contribution in [0.15, 0.2) is 77.7 Å². The number of thioether (sulfide) groups is 1. The summed E-state index contributed by atoms with van der Waals surface area (Å²) in [5, 5.41) is 10.0. The second-order valence-electron chi connectivity index (χ2n) is 6.12. The van der Waals surface area contributed by atoms with E-state index in [4.69, 9.17) is 28.6 Å². The summed E-state index contributed by atoms with van der Waals surface area (Å²) < 4.78 is 5.32. The molecule has 30 heavy (non-hydrogen) atoms. The van der Waals surface area contributed by atoms with Crippen LogP contribution in [0.25, 0.3) is 0 Å². The predicted molar refractivity (Wildman–Crippen MR) is 130 cm³/mol. The molecule has 0 unspecified atom stereocenters. The van der Waals surface area contributed by atoms with Crippen molar-refractivity contribution in [3.8, 4) is 5.75 Å². The van der Waals surface area contributed by atoms with E-state index in [0.29, 0.717) is 21.6 Å². The Bertz CT molecular complexity index is 1050. The molecule has 3 rings (SSSR count). The fourth-order valence-corrected chi connectivity index (χ4v) is 3.76. The van der Waals surface area contributed by atoms with Gasteiger partial charge in [-0.3, -0.25) is 4.79 Å². The normalized spacial score (nSPS) is 10.2. The highest BCUT2D eigenvalue weighted by atomic mass is 35.5. The van der Waals surface area contributed by atoms with Gasteiger partial charge in [0.25, 0.3) is 0 Å². The summed E-state index contributed by atoms with van der Waals surface area (Å²) in [6.45, 7) is 0. The zero-order chi connectivity index (χ0) is 21.3. The summed E-state index contributed by atoms with van der Waals surface area (Å²) in [6, 6.07) is 22.4. The summed E-state index contributed by atoms with van der Waals surface area (Å²) in [6.07, 6.45) is 0. The van der Waals surface area contributed by atoms with E-state index in [1.807, 2.05) is 60.7 Å². The van der Waals surface area contributed by atoms with Crippen LogP contribution in [0.4, 0.5) is 17.1 Å². The molecule has 0 aliphatic rings. The van der Waals surface area contributed by atoms with E-state index >= 15 is 0 Å². The van der Waals surface area contributed by atoms with Gasteiger partial charge < -0.3 is 20.7 Å². The molecule has 0 radical (unpaired) electrons. The summed E-state index contributed by atoms with van der Waals surface area (Å²) in [5.74, 6) is 0.841. The molecule has 0 aliphatic heterocycles. The average Bonchev–Trinajstić information content (AvgIpc) is 2.74. The van der Waals surface area contributed by atoms with Gasteiger partial charge in [0.05, 0.1) is 29.3 Å². The van der Waals surface area contributed by atoms with Gasteiger partial charge in [-0.2, -0.15) is 0 Å². The van der Waals surface area contributed by atoms with Crippen molar-refractivity contribution >= 4 is 63.7 Å². The predicted octanol–water partition coefficient (Wildman–Crippen LogP) is 5.89. The number of carbonyl (C=O) groups excluding carboxylic acids is 1. The number of benzene rings is 3. The summed E-state index contributed by atoms with van der Waals surface area (Å²) in [5.41, 5.74) is 2.20. The molecule has 5 nitrogen and oxygen atoms in total. The van der Waals surface area contributed by atoms with Crippen LogP contribution in [0.3, 0.4) is 0 Å². The molecule has 0 spiro atoms. The molecule has 0 heterocycles. The van der Waals surface area contributed by atoms with E-state index in [-0.39, 0.29) is 11.7 Å². The van der Waals surface area contributed by atoms with Crippen molar-refractivity contribution in [3.63, 3.8) is 0 Å². The number of methoxy groups -OCH3 is 1. The van der Waals surface area contributed by atoms with Gasteiger partial charge in [0.2, 0.25) is 5.91 Å². The lowest BCUT2D eigenvalue weighted by atomic mass is 10.3. The van der Waals surface area contributed by atoms with Crippen molar-refractivity contribution in [2.24, 2.45) is 0 Å². The third kappa shape index (κ3) is 6.38. The Morgan fingerprint density at radius 3 is 2.47 bits per heavy atom. The van der Waals surface area contributed by atoms with E-state index in [2.05, 4.69) is 16.0 Å². The van der Waals surface area contributed by atoms with Crippen molar-refractivity contribution in [2.45, 2.75) is 4.90 Å². The van der Waals surface area contributed by atoms with Gasteiger partial charge in [0.15, 0.2) is 5.11 Å². The van der Waals surface area contributed by atoms with E-state index in [9.17, 15) is 4.79 Å². The summed E-state index contributed by atoms with van der Waals surface area (Å²) in [7, 11) is 1.61. The molecule has 0 saturated heterocycles. The van der Waals surface area contributed by atoms with Crippen LogP contribution in [0.2, 0.25) is 5.02 Å². The number of anilines is 3. The van der Waals surface area contributed by atoms with Gasteiger partial charge in [-0.15, -0.1) is 11.8 Å². The highest BCUT2D eigenvalue weighted by molar-refractivity contribution is 8.00.